The van der Waals surface area contributed by atoms with Crippen LogP contribution in [0.5, 0.6) is 0 Å². The van der Waals surface area contributed by atoms with E-state index in [-0.39, 0.29) is 5.82 Å². The summed E-state index contributed by atoms with van der Waals surface area (Å²) >= 11 is 5.57. The van der Waals surface area contributed by atoms with Crippen molar-refractivity contribution in [1.29, 1.82) is 0 Å². The van der Waals surface area contributed by atoms with Crippen molar-refractivity contribution in [3.63, 3.8) is 0 Å². The Morgan fingerprint density at radius 2 is 1.83 bits per heavy atom. The molecule has 0 fully saturated rings. The number of rotatable bonds is 3. The lowest BCUT2D eigenvalue weighted by molar-refractivity contribution is 0.501. The predicted octanol–water partition coefficient (Wildman–Crippen LogP) is 9.95. The number of benzene rings is 3. The summed E-state index contributed by atoms with van der Waals surface area (Å²) in [5, 5.41) is 4.29. The summed E-state index contributed by atoms with van der Waals surface area (Å²) in [4.78, 5) is 8.74. The number of fused-ring (bicyclic) bond motifs is 4. The number of hydrogen-bond acceptors (Lipinski definition) is 5. The highest BCUT2D eigenvalue weighted by atomic mass is 32.2. The van der Waals surface area contributed by atoms with Gasteiger partial charge in [-0.3, -0.25) is 0 Å². The van der Waals surface area contributed by atoms with E-state index >= 15 is 0 Å². The molecule has 6 heteroatoms. The van der Waals surface area contributed by atoms with Gasteiger partial charge < -0.3 is 9.80 Å². The summed E-state index contributed by atoms with van der Waals surface area (Å²) in [6, 6.07) is 14.7. The van der Waals surface area contributed by atoms with Gasteiger partial charge in [-0.15, -0.1) is 11.8 Å². The normalized spacial score (nSPS) is 25.0. The van der Waals surface area contributed by atoms with Crippen LogP contribution in [0, 0.1) is 11.7 Å². The Kier molecular flexibility index (Phi) is 6.57. The molecule has 0 aromatic heterocycles. The second kappa shape index (κ2) is 10.3. The van der Waals surface area contributed by atoms with Gasteiger partial charge in [0.15, 0.2) is 0 Å². The minimum Gasteiger partial charge on any atom is -0.357 e. The highest BCUT2D eigenvalue weighted by molar-refractivity contribution is 8.03. The van der Waals surface area contributed by atoms with Crippen LogP contribution in [-0.2, 0) is 6.42 Å². The number of aryl methyl sites for hydroxylation is 1. The molecule has 2 nitrogen and oxygen atoms in total. The van der Waals surface area contributed by atoms with E-state index in [9.17, 15) is 4.39 Å². The molecule has 2 aliphatic carbocycles. The molecule has 2 unspecified atom stereocenters. The standard InChI is InChI=1S/C35H33FN2S3/c1-37-32(40-31-20-29(39-2)27-7-3-4-8-28(27)35(31)37)16-21-9-11-23-12-10-22(15-25(23)14-21)17-33-38-13-5-6-24-18-26(36)19-30(41-33)34(24)38/h3-4,7-8,14-20,23,32H,5-6,9-13H2,1-2H3. The molecule has 3 aromatic rings. The van der Waals surface area contributed by atoms with Crippen molar-refractivity contribution < 1.29 is 4.39 Å². The first-order valence-corrected chi connectivity index (χ1v) is 17.6. The zero-order valence-electron chi connectivity index (χ0n) is 23.5. The molecule has 0 saturated carbocycles. The van der Waals surface area contributed by atoms with Crippen LogP contribution in [0.1, 0.15) is 37.7 Å². The fraction of sp³-hybridized carbons (Fsp3) is 0.314. The highest BCUT2D eigenvalue weighted by Crippen LogP contribution is 2.52. The molecule has 0 saturated heterocycles. The average molecular weight is 597 g/mol. The molecular weight excluding hydrogens is 564 g/mol. The Morgan fingerprint density at radius 3 is 2.71 bits per heavy atom. The van der Waals surface area contributed by atoms with Crippen LogP contribution in [-0.4, -0.2) is 25.2 Å². The van der Waals surface area contributed by atoms with Crippen LogP contribution in [0.15, 0.2) is 103 Å². The summed E-state index contributed by atoms with van der Waals surface area (Å²) in [7, 11) is 2.25. The molecule has 3 aromatic carbocycles. The van der Waals surface area contributed by atoms with Crippen LogP contribution in [0.3, 0.4) is 0 Å². The molecule has 0 N–H and O–H groups in total. The SMILES string of the molecule is CSc1cc2c(c3ccccc13)N(C)C(C=C1C=C3C=C(C=C4Sc5cc(F)cc6c5N4CCC6)CCC3CC1)S2. The average Bonchev–Trinajstić information content (AvgIpc) is 3.49. The number of likely N-dealkylation sites (N-methyl/N-ethyl adjacent to an activating group) is 1. The largest absolute Gasteiger partial charge is 0.357 e. The molecule has 3 heterocycles. The highest BCUT2D eigenvalue weighted by Gasteiger charge is 2.33. The van der Waals surface area contributed by atoms with E-state index in [4.69, 9.17) is 0 Å². The Labute approximate surface area is 254 Å². The van der Waals surface area contributed by atoms with Gasteiger partial charge in [0.2, 0.25) is 0 Å². The van der Waals surface area contributed by atoms with Gasteiger partial charge in [0.25, 0.3) is 0 Å². The van der Waals surface area contributed by atoms with Gasteiger partial charge in [0.1, 0.15) is 5.82 Å². The van der Waals surface area contributed by atoms with Crippen molar-refractivity contribution >= 4 is 57.4 Å². The van der Waals surface area contributed by atoms with Crippen molar-refractivity contribution in [3.05, 3.63) is 99.9 Å². The molecular formula is C35H33FN2S3. The molecule has 2 atom stereocenters. The molecule has 0 bridgehead atoms. The monoisotopic (exact) mass is 596 g/mol. The summed E-state index contributed by atoms with van der Waals surface area (Å²) < 4.78 is 14.2. The van der Waals surface area contributed by atoms with Crippen LogP contribution in [0.4, 0.5) is 15.8 Å². The molecule has 8 rings (SSSR count). The summed E-state index contributed by atoms with van der Waals surface area (Å²) in [6.45, 7) is 1.03. The lowest BCUT2D eigenvalue weighted by Gasteiger charge is -2.30. The topological polar surface area (TPSA) is 6.48 Å². The molecule has 0 amide bonds. The lowest BCUT2D eigenvalue weighted by Crippen LogP contribution is -2.25. The molecule has 0 spiro atoms. The van der Waals surface area contributed by atoms with E-state index in [1.54, 1.807) is 23.9 Å². The van der Waals surface area contributed by atoms with E-state index in [2.05, 4.69) is 77.7 Å². The molecule has 208 valence electrons. The molecule has 3 aliphatic heterocycles. The van der Waals surface area contributed by atoms with Crippen molar-refractivity contribution in [3.8, 4) is 0 Å². The van der Waals surface area contributed by atoms with Gasteiger partial charge in [-0.05, 0) is 109 Å². The van der Waals surface area contributed by atoms with E-state index in [1.165, 1.54) is 72.1 Å². The number of halogens is 1. The molecule has 41 heavy (non-hydrogen) atoms. The van der Waals surface area contributed by atoms with Gasteiger partial charge >= 0.3 is 0 Å². The Morgan fingerprint density at radius 1 is 0.976 bits per heavy atom. The van der Waals surface area contributed by atoms with E-state index in [0.29, 0.717) is 11.3 Å². The van der Waals surface area contributed by atoms with Gasteiger partial charge in [0, 0.05) is 33.7 Å². The zero-order valence-corrected chi connectivity index (χ0v) is 25.9. The van der Waals surface area contributed by atoms with E-state index in [0.717, 1.165) is 37.1 Å². The Hall–Kier alpha value is -2.54. The van der Waals surface area contributed by atoms with E-state index in [1.807, 2.05) is 23.5 Å². The lowest BCUT2D eigenvalue weighted by atomic mass is 9.77. The Bertz CT molecular complexity index is 1720. The maximum absolute atomic E-state index is 14.2. The van der Waals surface area contributed by atoms with Crippen LogP contribution >= 0.6 is 35.3 Å². The van der Waals surface area contributed by atoms with Crippen LogP contribution in [0.25, 0.3) is 10.8 Å². The minimum absolute atomic E-state index is 0.104. The van der Waals surface area contributed by atoms with Gasteiger partial charge in [0.05, 0.1) is 21.8 Å². The van der Waals surface area contributed by atoms with Gasteiger partial charge in [-0.2, -0.15) is 0 Å². The van der Waals surface area contributed by atoms with Crippen molar-refractivity contribution in [2.75, 3.05) is 29.6 Å². The third-order valence-electron chi connectivity index (χ3n) is 9.25. The van der Waals surface area contributed by atoms with Crippen molar-refractivity contribution in [2.24, 2.45) is 5.92 Å². The van der Waals surface area contributed by atoms with Crippen LogP contribution in [0.2, 0.25) is 0 Å². The molecule has 5 aliphatic rings. The summed E-state index contributed by atoms with van der Waals surface area (Å²) in [5.41, 5.74) is 8.15. The summed E-state index contributed by atoms with van der Waals surface area (Å²) in [6.07, 6.45) is 18.8. The number of thioether (sulfide) groups is 3. The predicted molar refractivity (Wildman–Crippen MR) is 176 cm³/mol. The first kappa shape index (κ1) is 26.1. The number of anilines is 2. The maximum Gasteiger partial charge on any atom is 0.124 e. The fourth-order valence-electron chi connectivity index (χ4n) is 7.24. The van der Waals surface area contributed by atoms with Crippen molar-refractivity contribution in [2.45, 2.75) is 58.6 Å². The minimum atomic E-state index is -0.104. The first-order valence-electron chi connectivity index (χ1n) is 14.7. The van der Waals surface area contributed by atoms with Crippen LogP contribution < -0.4 is 9.80 Å². The van der Waals surface area contributed by atoms with Crippen molar-refractivity contribution in [1.82, 2.24) is 0 Å². The van der Waals surface area contributed by atoms with Gasteiger partial charge in [-0.1, -0.05) is 59.9 Å². The number of allylic oxidation sites excluding steroid dienone is 6. The Balaban J connectivity index is 1.08. The van der Waals surface area contributed by atoms with E-state index < -0.39 is 0 Å². The number of hydrogen-bond donors (Lipinski definition) is 0. The number of nitrogens with zero attached hydrogens (tertiary/aromatic N) is 2. The first-order chi connectivity index (χ1) is 20.1. The quantitative estimate of drug-likeness (QED) is 0.277. The third-order valence-corrected chi connectivity index (χ3v) is 12.4. The third kappa shape index (κ3) is 4.49. The summed E-state index contributed by atoms with van der Waals surface area (Å²) in [5.74, 6) is 0.561. The second-order valence-electron chi connectivity index (χ2n) is 11.7. The zero-order chi connectivity index (χ0) is 27.7. The van der Waals surface area contributed by atoms with Gasteiger partial charge in [-0.25, -0.2) is 4.39 Å². The second-order valence-corrected chi connectivity index (χ2v) is 14.8. The fourth-order valence-corrected chi connectivity index (χ4v) is 10.5. The smallest absolute Gasteiger partial charge is 0.124 e. The molecule has 0 radical (unpaired) electrons. The maximum atomic E-state index is 14.2.